The number of carbonyl (C=O) groups is 2. The number of hydrogen-bond donors (Lipinski definition) is 0. The van der Waals surface area contributed by atoms with E-state index in [1.54, 1.807) is 7.11 Å². The molecule has 3 rings (SSSR count). The Labute approximate surface area is 137 Å². The molecule has 23 heavy (non-hydrogen) atoms. The monoisotopic (exact) mass is 316 g/mol. The lowest BCUT2D eigenvalue weighted by atomic mass is 9.60. The van der Waals surface area contributed by atoms with Crippen LogP contribution in [-0.4, -0.2) is 18.9 Å². The Hall–Kier alpha value is -1.84. The van der Waals surface area contributed by atoms with Crippen molar-refractivity contribution in [1.82, 2.24) is 0 Å². The molecule has 0 unspecified atom stereocenters. The van der Waals surface area contributed by atoms with Crippen LogP contribution < -0.4 is 4.74 Å². The second-order valence-electron chi connectivity index (χ2n) is 7.25. The lowest BCUT2D eigenvalue weighted by Crippen LogP contribution is -2.55. The molecule has 0 bridgehead atoms. The highest BCUT2D eigenvalue weighted by Gasteiger charge is 2.60. The SMILES string of the molecule is COc1ccc([C@H]2OC(=O)C3(CCCCC3)C(=O)C2(C)C)cc1. The van der Waals surface area contributed by atoms with Gasteiger partial charge in [0.2, 0.25) is 0 Å². The second-order valence-corrected chi connectivity index (χ2v) is 7.25. The van der Waals surface area contributed by atoms with E-state index in [0.29, 0.717) is 12.8 Å². The van der Waals surface area contributed by atoms with Crippen molar-refractivity contribution < 1.29 is 19.1 Å². The van der Waals surface area contributed by atoms with Crippen LogP contribution in [0.5, 0.6) is 5.75 Å². The van der Waals surface area contributed by atoms with Crippen LogP contribution in [0.1, 0.15) is 57.6 Å². The summed E-state index contributed by atoms with van der Waals surface area (Å²) in [6, 6.07) is 7.39. The highest BCUT2D eigenvalue weighted by Crippen LogP contribution is 2.53. The van der Waals surface area contributed by atoms with Gasteiger partial charge >= 0.3 is 5.97 Å². The first-order chi connectivity index (χ1) is 10.9. The standard InChI is InChI=1S/C19H24O4/c1-18(2)15(13-7-9-14(22-3)10-8-13)23-17(21)19(16(18)20)11-5-4-6-12-19/h7-10,15H,4-6,11-12H2,1-3H3/t15-/m1/s1. The molecule has 0 amide bonds. The number of benzene rings is 1. The molecule has 0 aromatic heterocycles. The van der Waals surface area contributed by atoms with E-state index in [9.17, 15) is 9.59 Å². The molecule has 124 valence electrons. The molecule has 1 spiro atoms. The summed E-state index contributed by atoms with van der Waals surface area (Å²) in [6.07, 6.45) is 3.65. The van der Waals surface area contributed by atoms with Crippen molar-refractivity contribution in [2.24, 2.45) is 10.8 Å². The van der Waals surface area contributed by atoms with Crippen molar-refractivity contribution in [3.63, 3.8) is 0 Å². The number of Topliss-reactive ketones (excluding diaryl/α,β-unsaturated/α-hetero) is 1. The summed E-state index contributed by atoms with van der Waals surface area (Å²) < 4.78 is 11.0. The minimum atomic E-state index is -0.912. The number of cyclic esters (lactones) is 1. The second kappa shape index (κ2) is 5.66. The zero-order valence-electron chi connectivity index (χ0n) is 14.1. The number of ether oxygens (including phenoxy) is 2. The number of carbonyl (C=O) groups excluding carboxylic acids is 2. The summed E-state index contributed by atoms with van der Waals surface area (Å²) in [5, 5.41) is 0. The average Bonchev–Trinajstić information content (AvgIpc) is 2.58. The minimum Gasteiger partial charge on any atom is -0.497 e. The molecular formula is C19H24O4. The van der Waals surface area contributed by atoms with Crippen LogP contribution in [0, 0.1) is 10.8 Å². The van der Waals surface area contributed by atoms with Gasteiger partial charge in [0.25, 0.3) is 0 Å². The fraction of sp³-hybridized carbons (Fsp3) is 0.579. The first-order valence-electron chi connectivity index (χ1n) is 8.32. The molecule has 1 aliphatic carbocycles. The zero-order valence-corrected chi connectivity index (χ0v) is 14.1. The Kier molecular flexibility index (Phi) is 3.95. The molecule has 1 saturated carbocycles. The van der Waals surface area contributed by atoms with Crippen molar-refractivity contribution in [2.75, 3.05) is 7.11 Å². The van der Waals surface area contributed by atoms with Crippen LogP contribution >= 0.6 is 0 Å². The van der Waals surface area contributed by atoms with Crippen LogP contribution in [0.25, 0.3) is 0 Å². The Bertz CT molecular complexity index is 609. The van der Waals surface area contributed by atoms with E-state index in [4.69, 9.17) is 9.47 Å². The molecule has 1 saturated heterocycles. The fourth-order valence-electron chi connectivity index (χ4n) is 4.05. The molecule has 1 atom stereocenters. The van der Waals surface area contributed by atoms with Gasteiger partial charge in [0.1, 0.15) is 17.3 Å². The summed E-state index contributed by atoms with van der Waals surface area (Å²) in [5.74, 6) is 0.452. The van der Waals surface area contributed by atoms with Gasteiger partial charge in [-0.1, -0.05) is 31.4 Å². The van der Waals surface area contributed by atoms with Crippen LogP contribution in [0.15, 0.2) is 24.3 Å². The van der Waals surface area contributed by atoms with Gasteiger partial charge < -0.3 is 9.47 Å². The van der Waals surface area contributed by atoms with E-state index in [1.165, 1.54) is 0 Å². The predicted molar refractivity (Wildman–Crippen MR) is 86.1 cm³/mol. The quantitative estimate of drug-likeness (QED) is 0.614. The Morgan fingerprint density at radius 3 is 2.22 bits per heavy atom. The van der Waals surface area contributed by atoms with E-state index in [0.717, 1.165) is 30.6 Å². The van der Waals surface area contributed by atoms with Crippen molar-refractivity contribution >= 4 is 11.8 Å². The maximum Gasteiger partial charge on any atom is 0.320 e. The minimum absolute atomic E-state index is 0.0433. The van der Waals surface area contributed by atoms with Crippen molar-refractivity contribution in [3.05, 3.63) is 29.8 Å². The van der Waals surface area contributed by atoms with Gasteiger partial charge in [-0.15, -0.1) is 0 Å². The lowest BCUT2D eigenvalue weighted by molar-refractivity contribution is -0.192. The number of rotatable bonds is 2. The average molecular weight is 316 g/mol. The summed E-state index contributed by atoms with van der Waals surface area (Å²) in [7, 11) is 1.61. The molecule has 1 aliphatic heterocycles. The normalized spacial score (nSPS) is 26.0. The highest BCUT2D eigenvalue weighted by atomic mass is 16.5. The molecule has 4 nitrogen and oxygen atoms in total. The third-order valence-electron chi connectivity index (χ3n) is 5.42. The van der Waals surface area contributed by atoms with Gasteiger partial charge in [0.15, 0.2) is 5.78 Å². The van der Waals surface area contributed by atoms with Crippen LogP contribution in [0.2, 0.25) is 0 Å². The predicted octanol–water partition coefficient (Wildman–Crippen LogP) is 3.84. The van der Waals surface area contributed by atoms with E-state index in [-0.39, 0.29) is 11.8 Å². The van der Waals surface area contributed by atoms with E-state index in [1.807, 2.05) is 38.1 Å². The van der Waals surface area contributed by atoms with Gasteiger partial charge in [0.05, 0.1) is 12.5 Å². The van der Waals surface area contributed by atoms with Crippen LogP contribution in [-0.2, 0) is 14.3 Å². The van der Waals surface area contributed by atoms with Crippen molar-refractivity contribution in [3.8, 4) is 5.75 Å². The number of hydrogen-bond acceptors (Lipinski definition) is 4. The lowest BCUT2D eigenvalue weighted by Gasteiger charge is -2.47. The summed E-state index contributed by atoms with van der Waals surface area (Å²) in [6.45, 7) is 3.79. The van der Waals surface area contributed by atoms with Gasteiger partial charge in [-0.25, -0.2) is 0 Å². The zero-order chi connectivity index (χ0) is 16.7. The maximum atomic E-state index is 13.2. The number of methoxy groups -OCH3 is 1. The Balaban J connectivity index is 1.95. The number of esters is 1. The third kappa shape index (κ3) is 2.44. The molecule has 2 aliphatic rings. The third-order valence-corrected chi connectivity index (χ3v) is 5.42. The van der Waals surface area contributed by atoms with Crippen LogP contribution in [0.4, 0.5) is 0 Å². The Morgan fingerprint density at radius 1 is 1.04 bits per heavy atom. The van der Waals surface area contributed by atoms with Gasteiger partial charge in [-0.05, 0) is 44.4 Å². The summed E-state index contributed by atoms with van der Waals surface area (Å²) in [4.78, 5) is 25.9. The number of ketones is 1. The molecule has 0 N–H and O–H groups in total. The van der Waals surface area contributed by atoms with Crippen LogP contribution in [0.3, 0.4) is 0 Å². The maximum absolute atomic E-state index is 13.2. The topological polar surface area (TPSA) is 52.6 Å². The van der Waals surface area contributed by atoms with E-state index >= 15 is 0 Å². The molecule has 2 fully saturated rings. The molecule has 4 heteroatoms. The first kappa shape index (κ1) is 16.0. The van der Waals surface area contributed by atoms with Gasteiger partial charge in [-0.3, -0.25) is 9.59 Å². The molecular weight excluding hydrogens is 292 g/mol. The van der Waals surface area contributed by atoms with Crippen molar-refractivity contribution in [2.45, 2.75) is 52.1 Å². The fourth-order valence-corrected chi connectivity index (χ4v) is 4.05. The largest absolute Gasteiger partial charge is 0.497 e. The smallest absolute Gasteiger partial charge is 0.320 e. The molecule has 1 heterocycles. The first-order valence-corrected chi connectivity index (χ1v) is 8.32. The van der Waals surface area contributed by atoms with Crippen molar-refractivity contribution in [1.29, 1.82) is 0 Å². The van der Waals surface area contributed by atoms with E-state index in [2.05, 4.69) is 0 Å². The summed E-state index contributed by atoms with van der Waals surface area (Å²) >= 11 is 0. The molecule has 0 radical (unpaired) electrons. The molecule has 1 aromatic carbocycles. The van der Waals surface area contributed by atoms with Gasteiger partial charge in [0, 0.05) is 0 Å². The summed E-state index contributed by atoms with van der Waals surface area (Å²) in [5.41, 5.74) is -0.798. The molecule has 1 aromatic rings. The Morgan fingerprint density at radius 2 is 1.65 bits per heavy atom. The van der Waals surface area contributed by atoms with Gasteiger partial charge in [-0.2, -0.15) is 0 Å². The highest BCUT2D eigenvalue weighted by molar-refractivity contribution is 6.08. The van der Waals surface area contributed by atoms with E-state index < -0.39 is 16.9 Å².